The number of nitro benzene ring substituents is 1. The topological polar surface area (TPSA) is 110 Å². The minimum atomic E-state index is -0.974. The molecule has 3 amide bonds. The number of halogens is 1. The summed E-state index contributed by atoms with van der Waals surface area (Å²) in [5.74, 6) is -1.35. The van der Waals surface area contributed by atoms with Crippen LogP contribution in [0, 0.1) is 10.1 Å². The summed E-state index contributed by atoms with van der Waals surface area (Å²) in [5, 5.41) is 10.9. The van der Waals surface area contributed by atoms with E-state index in [1.165, 1.54) is 29.2 Å². The average Bonchev–Trinajstić information content (AvgIpc) is 3.40. The predicted octanol–water partition coefficient (Wildman–Crippen LogP) is 3.31. The minimum Gasteiger partial charge on any atom is -0.376 e. The van der Waals surface area contributed by atoms with E-state index < -0.39 is 28.7 Å². The molecule has 0 radical (unpaired) electrons. The summed E-state index contributed by atoms with van der Waals surface area (Å²) in [5.41, 5.74) is 0.502. The summed E-state index contributed by atoms with van der Waals surface area (Å²) in [4.78, 5) is 52.2. The maximum Gasteiger partial charge on any atom is 0.269 e. The molecule has 0 bridgehead atoms. The number of hydrogen-bond acceptors (Lipinski definition) is 6. The molecule has 9 nitrogen and oxygen atoms in total. The van der Waals surface area contributed by atoms with Gasteiger partial charge in [-0.1, -0.05) is 15.9 Å². The molecule has 2 aromatic carbocycles. The smallest absolute Gasteiger partial charge is 0.269 e. The lowest BCUT2D eigenvalue weighted by molar-refractivity contribution is -0.384. The Morgan fingerprint density at radius 3 is 2.44 bits per heavy atom. The van der Waals surface area contributed by atoms with E-state index in [0.29, 0.717) is 12.3 Å². The van der Waals surface area contributed by atoms with Crippen molar-refractivity contribution in [2.45, 2.75) is 31.4 Å². The number of imide groups is 1. The second-order valence-electron chi connectivity index (χ2n) is 7.66. The van der Waals surface area contributed by atoms with Crippen LogP contribution in [0.2, 0.25) is 0 Å². The molecule has 10 heteroatoms. The quantitative estimate of drug-likeness (QED) is 0.341. The Morgan fingerprint density at radius 2 is 1.84 bits per heavy atom. The van der Waals surface area contributed by atoms with Crippen LogP contribution in [0.25, 0.3) is 0 Å². The molecule has 0 N–H and O–H groups in total. The van der Waals surface area contributed by atoms with Gasteiger partial charge in [-0.05, 0) is 49.2 Å². The number of ether oxygens (including phenoxy) is 1. The van der Waals surface area contributed by atoms with Gasteiger partial charge >= 0.3 is 0 Å². The van der Waals surface area contributed by atoms with Crippen molar-refractivity contribution in [3.63, 3.8) is 0 Å². The molecule has 0 saturated carbocycles. The largest absolute Gasteiger partial charge is 0.376 e. The zero-order chi connectivity index (χ0) is 22.8. The Hall–Kier alpha value is -3.11. The van der Waals surface area contributed by atoms with Gasteiger partial charge in [0, 0.05) is 35.3 Å². The number of benzene rings is 2. The van der Waals surface area contributed by atoms with Gasteiger partial charge in [0.25, 0.3) is 17.5 Å². The summed E-state index contributed by atoms with van der Waals surface area (Å²) in [6.45, 7) is 0.737. The van der Waals surface area contributed by atoms with Crippen molar-refractivity contribution in [3.8, 4) is 0 Å². The molecule has 0 aromatic heterocycles. The van der Waals surface area contributed by atoms with Gasteiger partial charge in [-0.2, -0.15) is 0 Å². The highest BCUT2D eigenvalue weighted by Crippen LogP contribution is 2.29. The lowest BCUT2D eigenvalue weighted by Gasteiger charge is -2.30. The third-order valence-corrected chi connectivity index (χ3v) is 6.12. The van der Waals surface area contributed by atoms with Crippen LogP contribution < -0.4 is 4.90 Å². The Labute approximate surface area is 192 Å². The number of anilines is 1. The Bertz CT molecular complexity index is 1050. The summed E-state index contributed by atoms with van der Waals surface area (Å²) in [6.07, 6.45) is 1.23. The number of rotatable bonds is 6. The molecule has 2 aliphatic heterocycles. The van der Waals surface area contributed by atoms with Gasteiger partial charge in [0.1, 0.15) is 6.04 Å². The number of non-ortho nitro benzene ring substituents is 1. The fraction of sp³-hybridized carbons (Fsp3) is 0.318. The molecule has 4 rings (SSSR count). The lowest BCUT2D eigenvalue weighted by atomic mass is 10.1. The first-order chi connectivity index (χ1) is 15.3. The number of amides is 3. The van der Waals surface area contributed by atoms with Crippen molar-refractivity contribution in [2.24, 2.45) is 0 Å². The summed E-state index contributed by atoms with van der Waals surface area (Å²) in [6, 6.07) is 11.0. The SMILES string of the molecule is O=C1CC(N(CC2CCCO2)C(=O)c2ccc([N+](=O)[O-])cc2)C(=O)N1c1ccc(Br)cc1. The fourth-order valence-electron chi connectivity index (χ4n) is 3.97. The normalized spacial score (nSPS) is 20.6. The highest BCUT2D eigenvalue weighted by atomic mass is 79.9. The first kappa shape index (κ1) is 22.1. The molecular weight excluding hydrogens is 482 g/mol. The van der Waals surface area contributed by atoms with Crippen LogP contribution in [0.1, 0.15) is 29.6 Å². The van der Waals surface area contributed by atoms with E-state index in [1.54, 1.807) is 24.3 Å². The van der Waals surface area contributed by atoms with Crippen molar-refractivity contribution in [1.82, 2.24) is 4.90 Å². The second-order valence-corrected chi connectivity index (χ2v) is 8.58. The molecule has 2 fully saturated rings. The van der Waals surface area contributed by atoms with Gasteiger partial charge in [0.15, 0.2) is 0 Å². The van der Waals surface area contributed by atoms with Crippen molar-refractivity contribution >= 4 is 45.0 Å². The maximum atomic E-state index is 13.4. The number of carbonyl (C=O) groups is 3. The van der Waals surface area contributed by atoms with Crippen molar-refractivity contribution in [3.05, 3.63) is 68.7 Å². The standard InChI is InChI=1S/C22H20BrN3O6/c23-15-5-9-16(10-6-15)25-20(27)12-19(22(25)29)24(13-18-2-1-11-32-18)21(28)14-3-7-17(8-4-14)26(30)31/h3-10,18-19H,1-2,11-13H2. The van der Waals surface area contributed by atoms with Crippen LogP contribution in [0.15, 0.2) is 53.0 Å². The van der Waals surface area contributed by atoms with Crippen molar-refractivity contribution in [1.29, 1.82) is 0 Å². The van der Waals surface area contributed by atoms with Crippen molar-refractivity contribution < 1.29 is 24.0 Å². The van der Waals surface area contributed by atoms with E-state index in [1.807, 2.05) is 0 Å². The Balaban J connectivity index is 1.63. The highest BCUT2D eigenvalue weighted by Gasteiger charge is 2.45. The molecule has 2 heterocycles. The Morgan fingerprint density at radius 1 is 1.16 bits per heavy atom. The molecule has 32 heavy (non-hydrogen) atoms. The zero-order valence-corrected chi connectivity index (χ0v) is 18.6. The van der Waals surface area contributed by atoms with Gasteiger partial charge in [-0.3, -0.25) is 24.5 Å². The van der Waals surface area contributed by atoms with Crippen LogP contribution in [0.4, 0.5) is 11.4 Å². The number of nitrogens with zero attached hydrogens (tertiary/aromatic N) is 3. The van der Waals surface area contributed by atoms with E-state index in [0.717, 1.165) is 22.2 Å². The fourth-order valence-corrected chi connectivity index (χ4v) is 4.24. The van der Waals surface area contributed by atoms with Crippen LogP contribution in [0.3, 0.4) is 0 Å². The summed E-state index contributed by atoms with van der Waals surface area (Å²) in [7, 11) is 0. The maximum absolute atomic E-state index is 13.4. The van der Waals surface area contributed by atoms with Gasteiger partial charge in [0.2, 0.25) is 5.91 Å². The third-order valence-electron chi connectivity index (χ3n) is 5.59. The number of nitro groups is 1. The second kappa shape index (κ2) is 9.17. The van der Waals surface area contributed by atoms with Crippen LogP contribution in [-0.2, 0) is 14.3 Å². The average molecular weight is 502 g/mol. The highest BCUT2D eigenvalue weighted by molar-refractivity contribution is 9.10. The zero-order valence-electron chi connectivity index (χ0n) is 17.0. The van der Waals surface area contributed by atoms with Crippen LogP contribution in [-0.4, -0.2) is 52.8 Å². The predicted molar refractivity (Wildman–Crippen MR) is 118 cm³/mol. The molecular formula is C22H20BrN3O6. The van der Waals surface area contributed by atoms with Gasteiger partial charge in [-0.15, -0.1) is 0 Å². The monoisotopic (exact) mass is 501 g/mol. The molecule has 2 atom stereocenters. The number of carbonyl (C=O) groups excluding carboxylic acids is 3. The Kier molecular flexibility index (Phi) is 6.33. The molecule has 166 valence electrons. The van der Waals surface area contributed by atoms with E-state index >= 15 is 0 Å². The van der Waals surface area contributed by atoms with Crippen molar-refractivity contribution in [2.75, 3.05) is 18.1 Å². The molecule has 2 saturated heterocycles. The van der Waals surface area contributed by atoms with Crippen LogP contribution >= 0.6 is 15.9 Å². The molecule has 0 spiro atoms. The summed E-state index contributed by atoms with van der Waals surface area (Å²) >= 11 is 3.33. The van der Waals surface area contributed by atoms with Gasteiger partial charge in [-0.25, -0.2) is 4.90 Å². The minimum absolute atomic E-state index is 0.138. The molecule has 2 unspecified atom stereocenters. The van der Waals surface area contributed by atoms with Crippen LogP contribution in [0.5, 0.6) is 0 Å². The van der Waals surface area contributed by atoms with Gasteiger partial charge in [0.05, 0.1) is 23.1 Å². The first-order valence-corrected chi connectivity index (χ1v) is 10.9. The van der Waals surface area contributed by atoms with E-state index in [9.17, 15) is 24.5 Å². The molecule has 0 aliphatic carbocycles. The molecule has 2 aromatic rings. The lowest BCUT2D eigenvalue weighted by Crippen LogP contribution is -2.48. The molecule has 2 aliphatic rings. The van der Waals surface area contributed by atoms with E-state index in [2.05, 4.69) is 15.9 Å². The van der Waals surface area contributed by atoms with E-state index in [-0.39, 0.29) is 30.3 Å². The summed E-state index contributed by atoms with van der Waals surface area (Å²) < 4.78 is 6.48. The third kappa shape index (κ3) is 4.42. The first-order valence-electron chi connectivity index (χ1n) is 10.1. The van der Waals surface area contributed by atoms with Gasteiger partial charge < -0.3 is 9.64 Å². The van der Waals surface area contributed by atoms with E-state index in [4.69, 9.17) is 4.74 Å². The number of hydrogen-bond donors (Lipinski definition) is 0.